The summed E-state index contributed by atoms with van der Waals surface area (Å²) in [6.07, 6.45) is 2.01. The Morgan fingerprint density at radius 1 is 0.857 bits per heavy atom. The fraction of sp³-hybridized carbons (Fsp3) is 0.762. The number of nitrogens with zero attached hydrogens (tertiary/aromatic N) is 1. The molecule has 0 spiro atoms. The number of aliphatic hydroxyl groups excluding tert-OH is 1. The Morgan fingerprint density at radius 3 is 1.91 bits per heavy atom. The first-order valence-electron chi connectivity index (χ1n) is 11.7. The third kappa shape index (κ3) is 14.1. The highest BCUT2D eigenvalue weighted by molar-refractivity contribution is 5.94. The lowest BCUT2D eigenvalue weighted by atomic mass is 10.0. The predicted octanol–water partition coefficient (Wildman–Crippen LogP) is -2.93. The summed E-state index contributed by atoms with van der Waals surface area (Å²) in [5.74, 6) is -3.36. The summed E-state index contributed by atoms with van der Waals surface area (Å²) < 4.78 is 0. The molecule has 0 aliphatic carbocycles. The topological polar surface area (TPSA) is 261 Å². The fourth-order valence-electron chi connectivity index (χ4n) is 3.13. The van der Waals surface area contributed by atoms with Crippen LogP contribution in [0.2, 0.25) is 0 Å². The lowest BCUT2D eigenvalue weighted by Crippen LogP contribution is -2.57. The number of hydrogen-bond donors (Lipinski definition) is 9. The number of amides is 3. The average Bonchev–Trinajstić information content (AvgIpc) is 2.78. The summed E-state index contributed by atoms with van der Waals surface area (Å²) in [6.45, 7) is 3.69. The molecule has 14 nitrogen and oxygen atoms in total. The van der Waals surface area contributed by atoms with Gasteiger partial charge in [-0.3, -0.25) is 19.4 Å². The van der Waals surface area contributed by atoms with Crippen LogP contribution in [0.15, 0.2) is 4.99 Å². The van der Waals surface area contributed by atoms with Gasteiger partial charge in [0.15, 0.2) is 5.96 Å². The number of guanidine groups is 1. The minimum absolute atomic E-state index is 0.00992. The van der Waals surface area contributed by atoms with Crippen LogP contribution in [0.5, 0.6) is 0 Å². The van der Waals surface area contributed by atoms with Crippen LogP contribution >= 0.6 is 0 Å². The van der Waals surface area contributed by atoms with Gasteiger partial charge in [-0.15, -0.1) is 0 Å². The van der Waals surface area contributed by atoms with E-state index in [-0.39, 0.29) is 37.7 Å². The summed E-state index contributed by atoms with van der Waals surface area (Å²) in [6, 6.07) is -4.46. The summed E-state index contributed by atoms with van der Waals surface area (Å²) in [7, 11) is 0. The van der Waals surface area contributed by atoms with Gasteiger partial charge >= 0.3 is 5.97 Å². The lowest BCUT2D eigenvalue weighted by molar-refractivity contribution is -0.142. The molecule has 4 atom stereocenters. The van der Waals surface area contributed by atoms with Crippen LogP contribution in [0.4, 0.5) is 0 Å². The van der Waals surface area contributed by atoms with E-state index in [1.807, 2.05) is 13.8 Å². The first-order chi connectivity index (χ1) is 16.4. The van der Waals surface area contributed by atoms with Gasteiger partial charge in [0.2, 0.25) is 17.7 Å². The van der Waals surface area contributed by atoms with Crippen molar-refractivity contribution in [2.45, 2.75) is 76.5 Å². The normalized spacial score (nSPS) is 14.3. The van der Waals surface area contributed by atoms with E-state index in [9.17, 15) is 24.3 Å². The number of carbonyl (C=O) groups excluding carboxylic acids is 3. The molecule has 0 saturated carbocycles. The van der Waals surface area contributed by atoms with Crippen molar-refractivity contribution < 1.29 is 29.4 Å². The molecule has 0 aliphatic heterocycles. The van der Waals surface area contributed by atoms with Gasteiger partial charge in [0.1, 0.15) is 24.2 Å². The van der Waals surface area contributed by atoms with Crippen molar-refractivity contribution in [2.75, 3.05) is 19.7 Å². The molecule has 0 radical (unpaired) electrons. The van der Waals surface area contributed by atoms with Gasteiger partial charge in [0.05, 0.1) is 6.61 Å². The van der Waals surface area contributed by atoms with Crippen LogP contribution in [0.3, 0.4) is 0 Å². The molecule has 0 aliphatic rings. The zero-order valence-corrected chi connectivity index (χ0v) is 20.5. The smallest absolute Gasteiger partial charge is 0.326 e. The van der Waals surface area contributed by atoms with E-state index in [4.69, 9.17) is 28.0 Å². The van der Waals surface area contributed by atoms with Crippen LogP contribution < -0.4 is 38.9 Å². The van der Waals surface area contributed by atoms with Crippen molar-refractivity contribution in [3.8, 4) is 0 Å². The quantitative estimate of drug-likeness (QED) is 0.0523. The number of unbranched alkanes of at least 4 members (excludes halogenated alkanes) is 1. The Kier molecular flexibility index (Phi) is 16.0. The average molecular weight is 503 g/mol. The van der Waals surface area contributed by atoms with E-state index >= 15 is 0 Å². The van der Waals surface area contributed by atoms with Gasteiger partial charge in [-0.05, 0) is 51.0 Å². The van der Waals surface area contributed by atoms with Crippen LogP contribution in [-0.2, 0) is 19.2 Å². The van der Waals surface area contributed by atoms with Crippen molar-refractivity contribution in [3.63, 3.8) is 0 Å². The molecule has 0 fully saturated rings. The number of carboxylic acids is 1. The first-order valence-corrected chi connectivity index (χ1v) is 11.7. The third-order valence-electron chi connectivity index (χ3n) is 5.01. The van der Waals surface area contributed by atoms with Crippen LogP contribution in [0.25, 0.3) is 0 Å². The first kappa shape index (κ1) is 32.0. The molecule has 0 heterocycles. The molecule has 4 unspecified atom stereocenters. The summed E-state index contributed by atoms with van der Waals surface area (Å²) >= 11 is 0. The van der Waals surface area contributed by atoms with Crippen LogP contribution in [0.1, 0.15) is 52.4 Å². The van der Waals surface area contributed by atoms with Gasteiger partial charge < -0.3 is 49.1 Å². The third-order valence-corrected chi connectivity index (χ3v) is 5.01. The minimum Gasteiger partial charge on any atom is -0.480 e. The Hall–Kier alpha value is -2.97. The number of carbonyl (C=O) groups is 4. The number of hydrogen-bond acceptors (Lipinski definition) is 8. The highest BCUT2D eigenvalue weighted by atomic mass is 16.4. The van der Waals surface area contributed by atoms with E-state index in [2.05, 4.69) is 20.9 Å². The summed E-state index contributed by atoms with van der Waals surface area (Å²) in [4.78, 5) is 53.4. The second kappa shape index (κ2) is 17.5. The number of aliphatic hydroxyl groups is 1. The molecular formula is C21H42N8O6. The van der Waals surface area contributed by atoms with Gasteiger partial charge in [-0.25, -0.2) is 4.79 Å². The number of aliphatic imine (C=N–C) groups is 1. The van der Waals surface area contributed by atoms with Crippen molar-refractivity contribution in [1.29, 1.82) is 0 Å². The van der Waals surface area contributed by atoms with Gasteiger partial charge in [0, 0.05) is 6.54 Å². The highest BCUT2D eigenvalue weighted by Crippen LogP contribution is 2.09. The van der Waals surface area contributed by atoms with Crippen LogP contribution in [0, 0.1) is 5.92 Å². The maximum Gasteiger partial charge on any atom is 0.326 e. The molecule has 0 aromatic carbocycles. The molecule has 0 saturated heterocycles. The van der Waals surface area contributed by atoms with Crippen molar-refractivity contribution >= 4 is 29.7 Å². The maximum absolute atomic E-state index is 13.0. The van der Waals surface area contributed by atoms with E-state index in [0.717, 1.165) is 0 Å². The molecule has 0 rings (SSSR count). The number of rotatable bonds is 18. The Labute approximate surface area is 205 Å². The zero-order chi connectivity index (χ0) is 27.0. The molecule has 0 aromatic heterocycles. The molecular weight excluding hydrogens is 460 g/mol. The lowest BCUT2D eigenvalue weighted by Gasteiger charge is -2.26. The number of aliphatic carboxylic acids is 1. The summed E-state index contributed by atoms with van der Waals surface area (Å²) in [5, 5.41) is 26.1. The molecule has 35 heavy (non-hydrogen) atoms. The second-order valence-electron chi connectivity index (χ2n) is 8.67. The van der Waals surface area contributed by atoms with Crippen molar-refractivity contribution in [1.82, 2.24) is 16.0 Å². The minimum atomic E-state index is -1.23. The molecule has 13 N–H and O–H groups in total. The van der Waals surface area contributed by atoms with E-state index in [0.29, 0.717) is 25.8 Å². The molecule has 0 aromatic rings. The number of carboxylic acid groups (broad SMARTS) is 1. The highest BCUT2D eigenvalue weighted by Gasteiger charge is 2.30. The van der Waals surface area contributed by atoms with E-state index < -0.39 is 54.5 Å². The SMILES string of the molecule is CC(C)CC(NC(=O)C(CCCCN)NC(=O)C(N)CO)C(=O)NC(CCCN=C(N)N)C(=O)O. The Balaban J connectivity index is 5.41. The maximum atomic E-state index is 13.0. The number of nitrogens with two attached hydrogens (primary N) is 4. The molecule has 202 valence electrons. The predicted molar refractivity (Wildman–Crippen MR) is 131 cm³/mol. The zero-order valence-electron chi connectivity index (χ0n) is 20.5. The standard InChI is InChI=1S/C21H42N8O6/c1-12(2)10-16(19(33)28-15(20(34)35)7-5-9-26-21(24)25)29-18(32)14(6-3-4-8-22)27-17(31)13(23)11-30/h12-16,30H,3-11,22-23H2,1-2H3,(H,27,31)(H,28,33)(H,29,32)(H,34,35)(H4,24,25,26). The summed E-state index contributed by atoms with van der Waals surface area (Å²) in [5.41, 5.74) is 21.5. The molecule has 3 amide bonds. The van der Waals surface area contributed by atoms with Crippen molar-refractivity contribution in [3.05, 3.63) is 0 Å². The molecule has 0 bridgehead atoms. The van der Waals surface area contributed by atoms with Crippen LogP contribution in [-0.4, -0.2) is 83.7 Å². The fourth-order valence-corrected chi connectivity index (χ4v) is 3.13. The monoisotopic (exact) mass is 502 g/mol. The van der Waals surface area contributed by atoms with E-state index in [1.54, 1.807) is 0 Å². The van der Waals surface area contributed by atoms with Gasteiger partial charge in [-0.1, -0.05) is 13.8 Å². The van der Waals surface area contributed by atoms with E-state index in [1.165, 1.54) is 0 Å². The van der Waals surface area contributed by atoms with Gasteiger partial charge in [-0.2, -0.15) is 0 Å². The molecule has 14 heteroatoms. The Morgan fingerprint density at radius 2 is 1.40 bits per heavy atom. The largest absolute Gasteiger partial charge is 0.480 e. The number of nitrogens with one attached hydrogen (secondary N) is 3. The second-order valence-corrected chi connectivity index (χ2v) is 8.67. The van der Waals surface area contributed by atoms with Crippen molar-refractivity contribution in [2.24, 2.45) is 33.8 Å². The Bertz CT molecular complexity index is 714. The van der Waals surface area contributed by atoms with Gasteiger partial charge in [0.25, 0.3) is 0 Å².